The van der Waals surface area contributed by atoms with Gasteiger partial charge in [0.15, 0.2) is 0 Å². The van der Waals surface area contributed by atoms with E-state index in [9.17, 15) is 36.0 Å². The van der Waals surface area contributed by atoms with Crippen molar-refractivity contribution in [1.29, 1.82) is 5.26 Å². The quantitative estimate of drug-likeness (QED) is 0.296. The van der Waals surface area contributed by atoms with Gasteiger partial charge in [0.05, 0.1) is 11.6 Å². The molecule has 0 spiro atoms. The molecule has 2 aromatic carbocycles. The van der Waals surface area contributed by atoms with Crippen molar-refractivity contribution in [1.82, 2.24) is 0 Å². The fraction of sp³-hybridized carbons (Fsp3) is 0.188. The second-order valence-electron chi connectivity index (χ2n) is 5.11. The van der Waals surface area contributed by atoms with Crippen LogP contribution in [0.5, 0.6) is 0 Å². The van der Waals surface area contributed by atoms with Crippen LogP contribution in [0.4, 0.5) is 30.7 Å². The Hall–Kier alpha value is -1.25. The molecule has 0 aliphatic rings. The monoisotopic (exact) mass is 535 g/mol. The molecule has 0 aliphatic carbocycles. The molecule has 0 saturated heterocycles. The Balaban J connectivity index is 2.67. The lowest BCUT2D eigenvalue weighted by Crippen LogP contribution is -2.49. The first-order valence-electron chi connectivity index (χ1n) is 6.81. The van der Waals surface area contributed by atoms with Crippen molar-refractivity contribution in [2.75, 3.05) is 0 Å². The predicted molar refractivity (Wildman–Crippen MR) is 93.8 cm³/mol. The average molecular weight is 537 g/mol. The second-order valence-corrected chi connectivity index (χ2v) is 8.04. The molecule has 0 atom stereocenters. The Morgan fingerprint density at radius 1 is 0.926 bits per heavy atom. The van der Waals surface area contributed by atoms with Gasteiger partial charge in [-0.25, -0.2) is 0 Å². The first kappa shape index (κ1) is 22.0. The molecule has 0 bridgehead atoms. The van der Waals surface area contributed by atoms with Crippen molar-refractivity contribution in [3.05, 3.63) is 50.9 Å². The molecule has 0 unspecified atom stereocenters. The van der Waals surface area contributed by atoms with Gasteiger partial charge in [0, 0.05) is 25.0 Å². The van der Waals surface area contributed by atoms with Gasteiger partial charge in [0.2, 0.25) is 0 Å². The number of alkyl halides is 7. The highest BCUT2D eigenvalue weighted by atomic mass is 79.9. The zero-order valence-corrected chi connectivity index (χ0v) is 16.7. The van der Waals surface area contributed by atoms with Gasteiger partial charge in [-0.3, -0.25) is 0 Å². The van der Waals surface area contributed by atoms with Crippen LogP contribution in [0, 0.1) is 11.3 Å². The smallest absolute Gasteiger partial charge is 0.192 e. The molecular formula is C16H6Br2F7NS. The summed E-state index contributed by atoms with van der Waals surface area (Å²) in [7, 11) is 0. The van der Waals surface area contributed by atoms with Crippen LogP contribution in [-0.4, -0.2) is 17.4 Å². The van der Waals surface area contributed by atoms with Crippen molar-refractivity contribution in [3.8, 4) is 17.2 Å². The summed E-state index contributed by atoms with van der Waals surface area (Å²) in [5.74, 6) is -6.26. The number of benzene rings is 2. The molecule has 144 valence electrons. The zero-order valence-electron chi connectivity index (χ0n) is 12.7. The van der Waals surface area contributed by atoms with E-state index < -0.39 is 34.0 Å². The maximum atomic E-state index is 13.9. The lowest BCUT2D eigenvalue weighted by atomic mass is 10.0. The maximum absolute atomic E-state index is 13.9. The van der Waals surface area contributed by atoms with Crippen LogP contribution in [0.1, 0.15) is 5.56 Å². The molecule has 2 rings (SSSR count). The molecule has 1 nitrogen and oxygen atoms in total. The summed E-state index contributed by atoms with van der Waals surface area (Å²) >= 11 is 5.15. The highest BCUT2D eigenvalue weighted by Crippen LogP contribution is 2.56. The van der Waals surface area contributed by atoms with Gasteiger partial charge in [-0.15, -0.1) is 0 Å². The molecule has 0 amide bonds. The fourth-order valence-electron chi connectivity index (χ4n) is 2.06. The molecule has 2 aromatic rings. The van der Waals surface area contributed by atoms with Crippen molar-refractivity contribution >= 4 is 43.6 Å². The van der Waals surface area contributed by atoms with Gasteiger partial charge < -0.3 is 0 Å². The van der Waals surface area contributed by atoms with Crippen molar-refractivity contribution in [2.24, 2.45) is 0 Å². The van der Waals surface area contributed by atoms with E-state index in [1.807, 2.05) is 6.07 Å². The van der Waals surface area contributed by atoms with Crippen molar-refractivity contribution < 1.29 is 30.7 Å². The molecule has 0 fully saturated rings. The summed E-state index contributed by atoms with van der Waals surface area (Å²) in [5.41, 5.74) is 0.0410. The molecule has 11 heteroatoms. The fourth-order valence-corrected chi connectivity index (χ4v) is 4.81. The van der Waals surface area contributed by atoms with E-state index >= 15 is 0 Å². The highest BCUT2D eigenvalue weighted by molar-refractivity contribution is 9.11. The van der Waals surface area contributed by atoms with Crippen molar-refractivity contribution in [3.63, 3.8) is 0 Å². The van der Waals surface area contributed by atoms with Crippen LogP contribution < -0.4 is 0 Å². The topological polar surface area (TPSA) is 23.8 Å². The summed E-state index contributed by atoms with van der Waals surface area (Å²) in [6, 6.07) is 9.91. The molecule has 0 radical (unpaired) electrons. The largest absolute Gasteiger partial charge is 0.460 e. The van der Waals surface area contributed by atoms with E-state index in [2.05, 4.69) is 31.9 Å². The first-order valence-corrected chi connectivity index (χ1v) is 9.22. The van der Waals surface area contributed by atoms with Crippen LogP contribution in [0.3, 0.4) is 0 Å². The minimum atomic E-state index is -6.43. The SMILES string of the molecule is N#Cc1ccccc1-c1c(Br)cc(Br)cc1SC(F)(F)C(F)(F)C(F)(F)F. The van der Waals surface area contributed by atoms with Gasteiger partial charge in [-0.1, -0.05) is 50.1 Å². The molecule has 0 heterocycles. The van der Waals surface area contributed by atoms with Crippen LogP contribution >= 0.6 is 43.6 Å². The summed E-state index contributed by atoms with van der Waals surface area (Å²) in [5, 5.41) is 3.70. The van der Waals surface area contributed by atoms with E-state index in [4.69, 9.17) is 0 Å². The molecule has 0 aromatic heterocycles. The Labute approximate surface area is 169 Å². The van der Waals surface area contributed by atoms with E-state index in [1.165, 1.54) is 30.3 Å². The van der Waals surface area contributed by atoms with Gasteiger partial charge in [-0.2, -0.15) is 36.0 Å². The summed E-state index contributed by atoms with van der Waals surface area (Å²) < 4.78 is 92.0. The molecule has 27 heavy (non-hydrogen) atoms. The average Bonchev–Trinajstić information content (AvgIpc) is 2.53. The Kier molecular flexibility index (Phi) is 6.24. The molecule has 0 saturated carbocycles. The number of hydrogen-bond donors (Lipinski definition) is 0. The summed E-state index contributed by atoms with van der Waals surface area (Å²) in [4.78, 5) is -0.562. The number of hydrogen-bond acceptors (Lipinski definition) is 2. The summed E-state index contributed by atoms with van der Waals surface area (Å²) in [6.45, 7) is 0. The normalized spacial score (nSPS) is 12.7. The third-order valence-electron chi connectivity index (χ3n) is 3.30. The van der Waals surface area contributed by atoms with Crippen molar-refractivity contribution in [2.45, 2.75) is 22.2 Å². The number of rotatable bonds is 4. The first-order chi connectivity index (χ1) is 12.3. The van der Waals surface area contributed by atoms with E-state index in [0.717, 1.165) is 6.07 Å². The van der Waals surface area contributed by atoms with E-state index in [-0.39, 0.29) is 25.6 Å². The number of nitrogens with zero attached hydrogens (tertiary/aromatic N) is 1. The second kappa shape index (κ2) is 7.64. The van der Waals surface area contributed by atoms with Crippen LogP contribution in [0.25, 0.3) is 11.1 Å². The lowest BCUT2D eigenvalue weighted by Gasteiger charge is -2.28. The third kappa shape index (κ3) is 4.27. The van der Waals surface area contributed by atoms with Gasteiger partial charge in [0.25, 0.3) is 0 Å². The van der Waals surface area contributed by atoms with E-state index in [0.29, 0.717) is 0 Å². The van der Waals surface area contributed by atoms with Gasteiger partial charge >= 0.3 is 17.4 Å². The Morgan fingerprint density at radius 2 is 1.52 bits per heavy atom. The minimum absolute atomic E-state index is 0.0354. The highest BCUT2D eigenvalue weighted by Gasteiger charge is 2.73. The standard InChI is InChI=1S/C16H6Br2F7NS/c17-9-5-11(18)13(10-4-2-1-3-8(10)7-26)12(6-9)27-16(24,25)14(19,20)15(21,22)23/h1-6H. The van der Waals surface area contributed by atoms with Gasteiger partial charge in [0.1, 0.15) is 0 Å². The minimum Gasteiger partial charge on any atom is -0.192 e. The number of nitriles is 1. The zero-order chi connectivity index (χ0) is 20.6. The number of thioether (sulfide) groups is 1. The molecule has 0 N–H and O–H groups in total. The third-order valence-corrected chi connectivity index (χ3v) is 5.43. The van der Waals surface area contributed by atoms with Gasteiger partial charge in [-0.05, 0) is 30.0 Å². The Bertz CT molecular complexity index is 907. The van der Waals surface area contributed by atoms with Crippen LogP contribution in [0.2, 0.25) is 0 Å². The number of halogens is 9. The summed E-state index contributed by atoms with van der Waals surface area (Å²) in [6.07, 6.45) is -6.43. The Morgan fingerprint density at radius 3 is 2.07 bits per heavy atom. The molecule has 0 aliphatic heterocycles. The maximum Gasteiger partial charge on any atom is 0.460 e. The molecular weight excluding hydrogens is 531 g/mol. The lowest BCUT2D eigenvalue weighted by molar-refractivity contribution is -0.330. The van der Waals surface area contributed by atoms with Crippen LogP contribution in [0.15, 0.2) is 50.2 Å². The predicted octanol–water partition coefficient (Wildman–Crippen LogP) is 7.63. The van der Waals surface area contributed by atoms with E-state index in [1.54, 1.807) is 0 Å². The van der Waals surface area contributed by atoms with Crippen LogP contribution in [-0.2, 0) is 0 Å².